The summed E-state index contributed by atoms with van der Waals surface area (Å²) in [6, 6.07) is 0. The molecule has 0 radical (unpaired) electrons. The number of nitrogens with two attached hydrogens (primary N) is 1. The first-order chi connectivity index (χ1) is 11.0. The monoisotopic (exact) mass is 326 g/mol. The number of carbonyl (C=O) groups excluding carboxylic acids is 2. The van der Waals surface area contributed by atoms with Crippen LogP contribution >= 0.6 is 0 Å². The number of rotatable bonds is 12. The number of nitrogens with zero attached hydrogens (tertiary/aromatic N) is 3. The van der Waals surface area contributed by atoms with E-state index >= 15 is 0 Å². The van der Waals surface area contributed by atoms with Gasteiger partial charge >= 0.3 is 0 Å². The second-order valence-electron chi connectivity index (χ2n) is 4.72. The van der Waals surface area contributed by atoms with Crippen LogP contribution in [0.25, 0.3) is 0 Å². The highest BCUT2D eigenvalue weighted by Crippen LogP contribution is 2.07. The Balaban J connectivity index is 2.45. The lowest BCUT2D eigenvalue weighted by atomic mass is 10.2. The van der Waals surface area contributed by atoms with Crippen LogP contribution < -0.4 is 16.4 Å². The van der Waals surface area contributed by atoms with Crippen molar-refractivity contribution in [2.75, 3.05) is 42.7 Å². The van der Waals surface area contributed by atoms with Crippen LogP contribution in [0, 0.1) is 0 Å². The maximum atomic E-state index is 11.3. The largest absolute Gasteiger partial charge is 0.396 e. The number of hydrogen-bond donors (Lipinski definition) is 5. The van der Waals surface area contributed by atoms with E-state index in [1.165, 1.54) is 0 Å². The van der Waals surface area contributed by atoms with Crippen LogP contribution in [0.1, 0.15) is 25.7 Å². The van der Waals surface area contributed by atoms with Crippen molar-refractivity contribution in [2.45, 2.75) is 25.7 Å². The van der Waals surface area contributed by atoms with E-state index in [2.05, 4.69) is 25.6 Å². The minimum absolute atomic E-state index is 0.00775. The molecule has 0 bridgehead atoms. The molecule has 10 nitrogen and oxygen atoms in total. The number of carbonyl (C=O) groups is 2. The lowest BCUT2D eigenvalue weighted by Gasteiger charge is -2.08. The Labute approximate surface area is 133 Å². The van der Waals surface area contributed by atoms with Gasteiger partial charge in [0.1, 0.15) is 11.6 Å². The average molecular weight is 326 g/mol. The fraction of sp³-hybridized carbons (Fsp3) is 0.615. The fourth-order valence-electron chi connectivity index (χ4n) is 1.68. The summed E-state index contributed by atoms with van der Waals surface area (Å²) in [5.41, 5.74) is 5.58. The van der Waals surface area contributed by atoms with E-state index in [0.717, 1.165) is 0 Å². The number of nitrogens with one attached hydrogen (secondary N) is 2. The Morgan fingerprint density at radius 3 is 1.65 bits per heavy atom. The van der Waals surface area contributed by atoms with Crippen molar-refractivity contribution in [1.29, 1.82) is 0 Å². The molecule has 0 spiro atoms. The van der Waals surface area contributed by atoms with Crippen LogP contribution in [0.2, 0.25) is 0 Å². The van der Waals surface area contributed by atoms with Crippen LogP contribution in [-0.2, 0) is 9.59 Å². The topological polar surface area (TPSA) is 163 Å². The number of ketones is 2. The van der Waals surface area contributed by atoms with E-state index in [-0.39, 0.29) is 68.3 Å². The number of Topliss-reactive ketones (excluding diaryl/α,β-unsaturated/α-hetero) is 2. The second-order valence-corrected chi connectivity index (χ2v) is 4.72. The quantitative estimate of drug-likeness (QED) is 0.320. The molecule has 1 rings (SSSR count). The summed E-state index contributed by atoms with van der Waals surface area (Å²) in [7, 11) is 0. The summed E-state index contributed by atoms with van der Waals surface area (Å²) in [4.78, 5) is 34.4. The lowest BCUT2D eigenvalue weighted by molar-refractivity contribution is -0.120. The van der Waals surface area contributed by atoms with Crippen molar-refractivity contribution in [3.8, 4) is 0 Å². The number of aliphatic hydroxyl groups excluding tert-OH is 2. The second kappa shape index (κ2) is 10.4. The van der Waals surface area contributed by atoms with Crippen molar-refractivity contribution < 1.29 is 19.8 Å². The molecule has 0 aliphatic rings. The van der Waals surface area contributed by atoms with Crippen molar-refractivity contribution in [1.82, 2.24) is 15.0 Å². The van der Waals surface area contributed by atoms with Gasteiger partial charge in [0, 0.05) is 52.0 Å². The van der Waals surface area contributed by atoms with E-state index in [9.17, 15) is 9.59 Å². The van der Waals surface area contributed by atoms with Crippen molar-refractivity contribution in [3.05, 3.63) is 0 Å². The maximum absolute atomic E-state index is 11.3. The molecule has 23 heavy (non-hydrogen) atoms. The van der Waals surface area contributed by atoms with Crippen LogP contribution in [0.4, 0.5) is 17.8 Å². The van der Waals surface area contributed by atoms with Gasteiger partial charge < -0.3 is 26.6 Å². The Morgan fingerprint density at radius 1 is 0.826 bits per heavy atom. The summed E-state index contributed by atoms with van der Waals surface area (Å²) in [6.45, 7) is 0.300. The predicted molar refractivity (Wildman–Crippen MR) is 83.9 cm³/mol. The first-order valence-electron chi connectivity index (χ1n) is 7.29. The van der Waals surface area contributed by atoms with Crippen LogP contribution in [0.3, 0.4) is 0 Å². The third-order valence-electron chi connectivity index (χ3n) is 2.81. The molecular formula is C13H22N6O4. The molecule has 0 saturated heterocycles. The lowest BCUT2D eigenvalue weighted by Crippen LogP contribution is -2.15. The van der Waals surface area contributed by atoms with Gasteiger partial charge in [-0.15, -0.1) is 0 Å². The van der Waals surface area contributed by atoms with Gasteiger partial charge in [-0.25, -0.2) is 0 Å². The van der Waals surface area contributed by atoms with E-state index in [1.54, 1.807) is 0 Å². The summed E-state index contributed by atoms with van der Waals surface area (Å²) < 4.78 is 0. The molecule has 0 atom stereocenters. The van der Waals surface area contributed by atoms with Crippen LogP contribution in [-0.4, -0.2) is 63.0 Å². The zero-order chi connectivity index (χ0) is 17.1. The minimum Gasteiger partial charge on any atom is -0.396 e. The first-order valence-corrected chi connectivity index (χ1v) is 7.29. The summed E-state index contributed by atoms with van der Waals surface area (Å²) in [5.74, 6) is 0.316. The highest BCUT2D eigenvalue weighted by molar-refractivity contribution is 5.79. The molecule has 1 aromatic heterocycles. The van der Waals surface area contributed by atoms with E-state index in [1.807, 2.05) is 0 Å². The van der Waals surface area contributed by atoms with Gasteiger partial charge in [-0.3, -0.25) is 9.59 Å². The fourth-order valence-corrected chi connectivity index (χ4v) is 1.68. The Kier molecular flexibility index (Phi) is 8.47. The molecule has 0 unspecified atom stereocenters. The highest BCUT2D eigenvalue weighted by Gasteiger charge is 2.06. The van der Waals surface area contributed by atoms with Gasteiger partial charge in [0.2, 0.25) is 17.8 Å². The van der Waals surface area contributed by atoms with E-state index in [0.29, 0.717) is 13.1 Å². The summed E-state index contributed by atoms with van der Waals surface area (Å²) in [5, 5.41) is 23.0. The number of aromatic nitrogens is 3. The Morgan fingerprint density at radius 2 is 1.26 bits per heavy atom. The molecule has 1 aromatic rings. The summed E-state index contributed by atoms with van der Waals surface area (Å²) >= 11 is 0. The molecular weight excluding hydrogens is 304 g/mol. The molecule has 0 aromatic carbocycles. The summed E-state index contributed by atoms with van der Waals surface area (Å²) in [6.07, 6.45) is 0.723. The molecule has 0 amide bonds. The van der Waals surface area contributed by atoms with Gasteiger partial charge in [0.05, 0.1) is 0 Å². The predicted octanol–water partition coefficient (Wildman–Crippen LogP) is -1.04. The van der Waals surface area contributed by atoms with Crippen molar-refractivity contribution in [3.63, 3.8) is 0 Å². The normalized spacial score (nSPS) is 10.3. The number of nitrogen functional groups attached to an aromatic ring is 1. The molecule has 0 aliphatic carbocycles. The first kappa shape index (κ1) is 18.7. The third-order valence-corrected chi connectivity index (χ3v) is 2.81. The number of hydrogen-bond acceptors (Lipinski definition) is 10. The Hall–Kier alpha value is -2.33. The highest BCUT2D eigenvalue weighted by atomic mass is 16.3. The van der Waals surface area contributed by atoms with E-state index < -0.39 is 0 Å². The average Bonchev–Trinajstić information content (AvgIpc) is 2.47. The van der Waals surface area contributed by atoms with Gasteiger partial charge in [-0.1, -0.05) is 0 Å². The van der Waals surface area contributed by atoms with Gasteiger partial charge in [-0.05, 0) is 0 Å². The Bertz CT molecular complexity index is 483. The molecule has 6 N–H and O–H groups in total. The zero-order valence-electron chi connectivity index (χ0n) is 12.8. The number of anilines is 3. The standard InChI is InChI=1S/C13H22N6O4/c14-11-17-12(15-5-1-9(22)3-7-20)19-13(18-11)16-6-2-10(23)4-8-21/h20-21H,1-8H2,(H4,14,15,16,17,18,19). The maximum Gasteiger partial charge on any atom is 0.229 e. The molecule has 0 aliphatic heterocycles. The van der Waals surface area contributed by atoms with Gasteiger partial charge in [0.25, 0.3) is 0 Å². The van der Waals surface area contributed by atoms with Crippen molar-refractivity contribution >= 4 is 29.4 Å². The van der Waals surface area contributed by atoms with E-state index in [4.69, 9.17) is 15.9 Å². The van der Waals surface area contributed by atoms with Crippen molar-refractivity contribution in [2.24, 2.45) is 0 Å². The zero-order valence-corrected chi connectivity index (χ0v) is 12.8. The smallest absolute Gasteiger partial charge is 0.229 e. The molecule has 0 saturated carbocycles. The minimum atomic E-state index is -0.166. The van der Waals surface area contributed by atoms with Crippen LogP contribution in [0.15, 0.2) is 0 Å². The molecule has 1 heterocycles. The number of aliphatic hydroxyl groups is 2. The molecule has 128 valence electrons. The van der Waals surface area contributed by atoms with Gasteiger partial charge in [-0.2, -0.15) is 15.0 Å². The molecule has 0 fully saturated rings. The molecule has 10 heteroatoms. The van der Waals surface area contributed by atoms with Gasteiger partial charge in [0.15, 0.2) is 0 Å². The third kappa shape index (κ3) is 8.02. The SMILES string of the molecule is Nc1nc(NCCC(=O)CCO)nc(NCCC(=O)CCO)n1. The van der Waals surface area contributed by atoms with Crippen LogP contribution in [0.5, 0.6) is 0 Å².